The highest BCUT2D eigenvalue weighted by atomic mass is 127. The van der Waals surface area contributed by atoms with Gasteiger partial charge < -0.3 is 11.1 Å². The van der Waals surface area contributed by atoms with Crippen molar-refractivity contribution in [1.82, 2.24) is 10.0 Å². The number of nitrogens with two attached hydrogens (primary N) is 1. The van der Waals surface area contributed by atoms with Crippen LogP contribution < -0.4 is 15.8 Å². The maximum atomic E-state index is 10.7. The van der Waals surface area contributed by atoms with Crippen molar-refractivity contribution in [3.8, 4) is 0 Å². The lowest BCUT2D eigenvalue weighted by atomic mass is 10.4. The SMILES string of the molecule is CC(C)NC(N)=NCCCNS(C)(=O)=O.I. The molecule has 0 atom stereocenters. The van der Waals surface area contributed by atoms with E-state index in [-0.39, 0.29) is 30.0 Å². The van der Waals surface area contributed by atoms with E-state index in [0.717, 1.165) is 6.26 Å². The smallest absolute Gasteiger partial charge is 0.208 e. The number of hydrogen-bond donors (Lipinski definition) is 3. The lowest BCUT2D eigenvalue weighted by molar-refractivity contribution is 0.585. The first-order chi connectivity index (χ1) is 6.81. The van der Waals surface area contributed by atoms with Gasteiger partial charge in [0.05, 0.1) is 6.26 Å². The summed E-state index contributed by atoms with van der Waals surface area (Å²) in [5.74, 6) is 0.393. The Bertz CT molecular complexity index is 303. The molecule has 0 spiro atoms. The minimum absolute atomic E-state index is 0. The van der Waals surface area contributed by atoms with Gasteiger partial charge in [0.1, 0.15) is 0 Å². The first-order valence-corrected chi connectivity index (χ1v) is 6.71. The molecule has 16 heavy (non-hydrogen) atoms. The number of nitrogens with zero attached hydrogens (tertiary/aromatic N) is 1. The number of nitrogens with one attached hydrogen (secondary N) is 2. The molecule has 0 saturated heterocycles. The third kappa shape index (κ3) is 13.9. The topological polar surface area (TPSA) is 96.6 Å². The second-order valence-electron chi connectivity index (χ2n) is 3.59. The molecule has 4 N–H and O–H groups in total. The third-order valence-corrected chi connectivity index (χ3v) is 2.15. The molecule has 0 radical (unpaired) electrons. The summed E-state index contributed by atoms with van der Waals surface area (Å²) in [6.45, 7) is 4.83. The summed E-state index contributed by atoms with van der Waals surface area (Å²) in [6.07, 6.45) is 1.76. The minimum Gasteiger partial charge on any atom is -0.370 e. The Balaban J connectivity index is 0. The summed E-state index contributed by atoms with van der Waals surface area (Å²) in [4.78, 5) is 4.03. The van der Waals surface area contributed by atoms with Gasteiger partial charge >= 0.3 is 0 Å². The summed E-state index contributed by atoms with van der Waals surface area (Å²) in [5, 5.41) is 2.94. The van der Waals surface area contributed by atoms with Crippen molar-refractivity contribution in [3.63, 3.8) is 0 Å². The van der Waals surface area contributed by atoms with Crippen molar-refractivity contribution in [2.24, 2.45) is 10.7 Å². The summed E-state index contributed by atoms with van der Waals surface area (Å²) >= 11 is 0. The quantitative estimate of drug-likeness (QED) is 0.265. The Morgan fingerprint density at radius 3 is 2.44 bits per heavy atom. The molecule has 0 aromatic heterocycles. The van der Waals surface area contributed by atoms with Crippen LogP contribution in [0.15, 0.2) is 4.99 Å². The van der Waals surface area contributed by atoms with Crippen LogP contribution in [0.1, 0.15) is 20.3 Å². The molecule has 0 aromatic carbocycles. The third-order valence-electron chi connectivity index (χ3n) is 1.42. The van der Waals surface area contributed by atoms with Crippen LogP contribution >= 0.6 is 24.0 Å². The molecule has 8 heteroatoms. The van der Waals surface area contributed by atoms with Gasteiger partial charge in [-0.3, -0.25) is 4.99 Å². The van der Waals surface area contributed by atoms with E-state index in [1.165, 1.54) is 0 Å². The average molecular weight is 364 g/mol. The average Bonchev–Trinajstić information content (AvgIpc) is 1.99. The normalized spacial score (nSPS) is 12.4. The van der Waals surface area contributed by atoms with Crippen LogP contribution in [-0.2, 0) is 10.0 Å². The van der Waals surface area contributed by atoms with Crippen LogP contribution in [-0.4, -0.2) is 39.8 Å². The first-order valence-electron chi connectivity index (χ1n) is 4.82. The van der Waals surface area contributed by atoms with E-state index in [4.69, 9.17) is 5.73 Å². The monoisotopic (exact) mass is 364 g/mol. The van der Waals surface area contributed by atoms with Gasteiger partial charge in [-0.2, -0.15) is 0 Å². The number of guanidine groups is 1. The number of aliphatic imine (C=N–C) groups is 1. The zero-order chi connectivity index (χ0) is 11.9. The first kappa shape index (κ1) is 18.3. The second-order valence-corrected chi connectivity index (χ2v) is 5.42. The molecule has 0 unspecified atom stereocenters. The van der Waals surface area contributed by atoms with Gasteiger partial charge in [-0.05, 0) is 20.3 Å². The van der Waals surface area contributed by atoms with Gasteiger partial charge in [-0.25, -0.2) is 13.1 Å². The van der Waals surface area contributed by atoms with Gasteiger partial charge in [0.2, 0.25) is 10.0 Å². The van der Waals surface area contributed by atoms with Crippen molar-refractivity contribution in [2.45, 2.75) is 26.3 Å². The fourth-order valence-electron chi connectivity index (χ4n) is 0.878. The van der Waals surface area contributed by atoms with Crippen LogP contribution in [0.4, 0.5) is 0 Å². The lowest BCUT2D eigenvalue weighted by Gasteiger charge is -2.08. The molecule has 0 saturated carbocycles. The Hall–Kier alpha value is -0.0900. The highest BCUT2D eigenvalue weighted by Gasteiger charge is 1.98. The van der Waals surface area contributed by atoms with Gasteiger partial charge in [0, 0.05) is 19.1 Å². The molecule has 0 aliphatic carbocycles. The zero-order valence-corrected chi connectivity index (χ0v) is 13.0. The summed E-state index contributed by atoms with van der Waals surface area (Å²) in [7, 11) is -3.09. The molecular weight excluding hydrogens is 343 g/mol. The highest BCUT2D eigenvalue weighted by molar-refractivity contribution is 14.0. The van der Waals surface area contributed by atoms with Crippen LogP contribution in [0.5, 0.6) is 0 Å². The van der Waals surface area contributed by atoms with Gasteiger partial charge in [-0.1, -0.05) is 0 Å². The number of sulfonamides is 1. The Kier molecular flexibility index (Phi) is 10.3. The number of rotatable bonds is 6. The van der Waals surface area contributed by atoms with Crippen LogP contribution in [0.2, 0.25) is 0 Å². The molecule has 0 bridgehead atoms. The Morgan fingerprint density at radius 1 is 1.44 bits per heavy atom. The molecular formula is C8H21IN4O2S. The van der Waals surface area contributed by atoms with E-state index < -0.39 is 10.0 Å². The van der Waals surface area contributed by atoms with E-state index in [1.807, 2.05) is 13.8 Å². The fourth-order valence-corrected chi connectivity index (χ4v) is 1.39. The second kappa shape index (κ2) is 8.99. The summed E-state index contributed by atoms with van der Waals surface area (Å²) < 4.78 is 23.8. The molecule has 0 heterocycles. The molecule has 0 aliphatic rings. The van der Waals surface area contributed by atoms with E-state index in [0.29, 0.717) is 25.5 Å². The fraction of sp³-hybridized carbons (Fsp3) is 0.875. The predicted molar refractivity (Wildman–Crippen MR) is 77.6 cm³/mol. The van der Waals surface area contributed by atoms with Crippen molar-refractivity contribution in [2.75, 3.05) is 19.3 Å². The van der Waals surface area contributed by atoms with E-state index in [2.05, 4.69) is 15.0 Å². The highest BCUT2D eigenvalue weighted by Crippen LogP contribution is 1.82. The summed E-state index contributed by atoms with van der Waals surface area (Å²) in [5.41, 5.74) is 5.54. The molecule has 6 nitrogen and oxygen atoms in total. The van der Waals surface area contributed by atoms with Crippen LogP contribution in [0, 0.1) is 0 Å². The van der Waals surface area contributed by atoms with E-state index in [9.17, 15) is 8.42 Å². The zero-order valence-electron chi connectivity index (χ0n) is 9.86. The number of halogens is 1. The van der Waals surface area contributed by atoms with Gasteiger partial charge in [0.25, 0.3) is 0 Å². The molecule has 0 rings (SSSR count). The molecule has 0 fully saturated rings. The predicted octanol–water partition coefficient (Wildman–Crippen LogP) is -0.144. The molecule has 98 valence electrons. The molecule has 0 amide bonds. The van der Waals surface area contributed by atoms with Crippen LogP contribution in [0.3, 0.4) is 0 Å². The molecule has 0 aliphatic heterocycles. The van der Waals surface area contributed by atoms with Gasteiger partial charge in [-0.15, -0.1) is 24.0 Å². The van der Waals surface area contributed by atoms with E-state index in [1.54, 1.807) is 0 Å². The van der Waals surface area contributed by atoms with Crippen molar-refractivity contribution >= 4 is 40.0 Å². The maximum Gasteiger partial charge on any atom is 0.208 e. The van der Waals surface area contributed by atoms with Crippen molar-refractivity contribution in [1.29, 1.82) is 0 Å². The maximum absolute atomic E-state index is 10.7. The Labute approximate surface area is 115 Å². The largest absolute Gasteiger partial charge is 0.370 e. The van der Waals surface area contributed by atoms with Crippen molar-refractivity contribution < 1.29 is 8.42 Å². The number of hydrogen-bond acceptors (Lipinski definition) is 3. The minimum atomic E-state index is -3.09. The summed E-state index contributed by atoms with van der Waals surface area (Å²) in [6, 6.07) is 0.253. The van der Waals surface area contributed by atoms with Crippen molar-refractivity contribution in [3.05, 3.63) is 0 Å². The standard InChI is InChI=1S/C8H20N4O2S.HI/c1-7(2)12-8(9)10-5-4-6-11-15(3,13)14;/h7,11H,4-6H2,1-3H3,(H3,9,10,12);1H. The lowest BCUT2D eigenvalue weighted by Crippen LogP contribution is -2.37. The van der Waals surface area contributed by atoms with Gasteiger partial charge in [0.15, 0.2) is 5.96 Å². The van der Waals surface area contributed by atoms with E-state index >= 15 is 0 Å². The van der Waals surface area contributed by atoms with Crippen LogP contribution in [0.25, 0.3) is 0 Å². The molecule has 0 aromatic rings. The Morgan fingerprint density at radius 2 is 2.00 bits per heavy atom.